The van der Waals surface area contributed by atoms with E-state index in [2.05, 4.69) is 27.7 Å². The average Bonchev–Trinajstić information content (AvgIpc) is 3.47. The van der Waals surface area contributed by atoms with Crippen LogP contribution in [0.15, 0.2) is 66.7 Å². The van der Waals surface area contributed by atoms with E-state index >= 15 is 0 Å². The highest BCUT2D eigenvalue weighted by Gasteiger charge is 2.39. The van der Waals surface area contributed by atoms with E-state index in [1.807, 2.05) is 18.2 Å². The zero-order chi connectivity index (χ0) is 31.5. The molecule has 0 bridgehead atoms. The van der Waals surface area contributed by atoms with Gasteiger partial charge in [0.25, 0.3) is 11.8 Å². The van der Waals surface area contributed by atoms with Crippen molar-refractivity contribution in [3.05, 3.63) is 95.1 Å². The normalized spacial score (nSPS) is 23.3. The Morgan fingerprint density at radius 1 is 0.978 bits per heavy atom. The molecule has 0 aliphatic carbocycles. The SMILES string of the molecule is CN1C(=O)c2cc(NC(=O)c3ccc(F)c(F)c3)ccc2OC[C@@H]2O[C@H](CC(=O)N[C@@H]3CCN(Cc4ccccc4)C3)CC[C@@H]21. The van der Waals surface area contributed by atoms with Crippen LogP contribution in [0, 0.1) is 11.6 Å². The van der Waals surface area contributed by atoms with Crippen LogP contribution in [-0.4, -0.2) is 78.6 Å². The van der Waals surface area contributed by atoms with Gasteiger partial charge in [0.15, 0.2) is 11.6 Å². The summed E-state index contributed by atoms with van der Waals surface area (Å²) < 4.78 is 39.2. The van der Waals surface area contributed by atoms with Crippen LogP contribution in [0.1, 0.15) is 52.0 Å². The fourth-order valence-corrected chi connectivity index (χ4v) is 6.38. The predicted octanol–water partition coefficient (Wildman–Crippen LogP) is 4.38. The van der Waals surface area contributed by atoms with E-state index in [1.165, 1.54) is 17.7 Å². The molecule has 3 aliphatic rings. The number of likely N-dealkylation sites (N-methyl/N-ethyl adjacent to an activating group) is 1. The van der Waals surface area contributed by atoms with E-state index in [0.29, 0.717) is 24.3 Å². The molecule has 0 saturated carbocycles. The number of fused-ring (bicyclic) bond motifs is 2. The van der Waals surface area contributed by atoms with Gasteiger partial charge in [-0.3, -0.25) is 19.3 Å². The molecule has 0 aromatic heterocycles. The molecule has 2 saturated heterocycles. The van der Waals surface area contributed by atoms with Gasteiger partial charge in [0.2, 0.25) is 5.91 Å². The Bertz CT molecular complexity index is 1570. The molecule has 11 heteroatoms. The first-order valence-corrected chi connectivity index (χ1v) is 15.2. The Morgan fingerprint density at radius 2 is 1.80 bits per heavy atom. The summed E-state index contributed by atoms with van der Waals surface area (Å²) >= 11 is 0. The van der Waals surface area contributed by atoms with Gasteiger partial charge in [-0.15, -0.1) is 0 Å². The fourth-order valence-electron chi connectivity index (χ4n) is 6.38. The van der Waals surface area contributed by atoms with Crippen molar-refractivity contribution < 1.29 is 32.6 Å². The number of nitrogens with one attached hydrogen (secondary N) is 2. The zero-order valence-electron chi connectivity index (χ0n) is 25.0. The number of hydrogen-bond donors (Lipinski definition) is 2. The van der Waals surface area contributed by atoms with E-state index in [9.17, 15) is 23.2 Å². The second-order valence-electron chi connectivity index (χ2n) is 11.9. The van der Waals surface area contributed by atoms with Gasteiger partial charge < -0.3 is 25.0 Å². The summed E-state index contributed by atoms with van der Waals surface area (Å²) in [6.45, 7) is 2.80. The lowest BCUT2D eigenvalue weighted by atomic mass is 9.94. The molecular weight excluding hydrogens is 582 g/mol. The molecule has 3 heterocycles. The number of likely N-dealkylation sites (tertiary alicyclic amines) is 1. The molecule has 2 fully saturated rings. The predicted molar refractivity (Wildman–Crippen MR) is 163 cm³/mol. The summed E-state index contributed by atoms with van der Waals surface area (Å²) in [6.07, 6.45) is 1.71. The number of anilines is 1. The van der Waals surface area contributed by atoms with Crippen LogP contribution >= 0.6 is 0 Å². The van der Waals surface area contributed by atoms with Crippen molar-refractivity contribution in [2.75, 3.05) is 32.1 Å². The summed E-state index contributed by atoms with van der Waals surface area (Å²) in [5.41, 5.74) is 1.77. The number of amides is 3. The lowest BCUT2D eigenvalue weighted by Gasteiger charge is -2.42. The Balaban J connectivity index is 1.04. The molecule has 236 valence electrons. The van der Waals surface area contributed by atoms with Crippen molar-refractivity contribution in [1.82, 2.24) is 15.1 Å². The average molecular weight is 619 g/mol. The second-order valence-corrected chi connectivity index (χ2v) is 11.9. The first kappa shape index (κ1) is 30.7. The van der Waals surface area contributed by atoms with Crippen molar-refractivity contribution in [3.63, 3.8) is 0 Å². The molecule has 3 amide bonds. The van der Waals surface area contributed by atoms with Crippen LogP contribution in [0.4, 0.5) is 14.5 Å². The van der Waals surface area contributed by atoms with Crippen LogP contribution in [0.3, 0.4) is 0 Å². The molecule has 45 heavy (non-hydrogen) atoms. The number of hydrogen-bond acceptors (Lipinski definition) is 6. The first-order chi connectivity index (χ1) is 21.7. The summed E-state index contributed by atoms with van der Waals surface area (Å²) in [4.78, 5) is 43.1. The third-order valence-electron chi connectivity index (χ3n) is 8.75. The van der Waals surface area contributed by atoms with Crippen molar-refractivity contribution in [2.45, 2.75) is 56.5 Å². The number of rotatable bonds is 7. The summed E-state index contributed by atoms with van der Waals surface area (Å²) in [5, 5.41) is 5.80. The third kappa shape index (κ3) is 7.15. The molecule has 6 rings (SSSR count). The van der Waals surface area contributed by atoms with E-state index in [1.54, 1.807) is 24.1 Å². The van der Waals surface area contributed by atoms with Gasteiger partial charge >= 0.3 is 0 Å². The van der Waals surface area contributed by atoms with Crippen molar-refractivity contribution >= 4 is 23.4 Å². The molecule has 3 aliphatic heterocycles. The van der Waals surface area contributed by atoms with Gasteiger partial charge in [-0.2, -0.15) is 0 Å². The molecule has 3 aromatic rings. The first-order valence-electron chi connectivity index (χ1n) is 15.2. The Morgan fingerprint density at radius 3 is 2.60 bits per heavy atom. The minimum atomic E-state index is -1.13. The van der Waals surface area contributed by atoms with Crippen LogP contribution in [-0.2, 0) is 16.1 Å². The largest absolute Gasteiger partial charge is 0.490 e. The van der Waals surface area contributed by atoms with Crippen molar-refractivity contribution in [3.8, 4) is 5.75 Å². The monoisotopic (exact) mass is 618 g/mol. The summed E-state index contributed by atoms with van der Waals surface area (Å²) in [7, 11) is 1.71. The lowest BCUT2D eigenvalue weighted by molar-refractivity contribution is -0.134. The molecule has 0 spiro atoms. The van der Waals surface area contributed by atoms with Gasteiger partial charge in [0.1, 0.15) is 18.5 Å². The summed E-state index contributed by atoms with van der Waals surface area (Å²) in [5.74, 6) is -2.82. The van der Waals surface area contributed by atoms with Gasteiger partial charge in [-0.05, 0) is 61.2 Å². The Labute approximate surface area is 260 Å². The van der Waals surface area contributed by atoms with Gasteiger partial charge in [-0.1, -0.05) is 30.3 Å². The minimum Gasteiger partial charge on any atom is -0.490 e. The number of nitrogens with zero attached hydrogens (tertiary/aromatic N) is 2. The fraction of sp³-hybridized carbons (Fsp3) is 0.382. The molecule has 2 N–H and O–H groups in total. The highest BCUT2D eigenvalue weighted by Crippen LogP contribution is 2.33. The van der Waals surface area contributed by atoms with Crippen LogP contribution in [0.5, 0.6) is 5.75 Å². The molecule has 0 radical (unpaired) electrons. The van der Waals surface area contributed by atoms with Crippen LogP contribution < -0.4 is 15.4 Å². The summed E-state index contributed by atoms with van der Waals surface area (Å²) in [6, 6.07) is 17.7. The standard InChI is InChI=1S/C34H36F2N4O5/c1-39-29-11-9-25(17-32(41)37-24-13-14-40(19-24)18-21-5-3-2-4-6-21)45-31(29)20-44-30-12-8-23(16-26(30)34(39)43)38-33(42)22-7-10-27(35)28(36)15-22/h2-8,10,12,15-16,24-25,29,31H,9,11,13-14,17-20H2,1H3,(H,37,41)(H,38,42)/t24-,25+,29+,31+/m1/s1. The highest BCUT2D eigenvalue weighted by molar-refractivity contribution is 6.05. The molecule has 4 atom stereocenters. The molecule has 3 aromatic carbocycles. The van der Waals surface area contributed by atoms with Crippen LogP contribution in [0.2, 0.25) is 0 Å². The van der Waals surface area contributed by atoms with Gasteiger partial charge in [-0.25, -0.2) is 8.78 Å². The maximum Gasteiger partial charge on any atom is 0.257 e. The second kappa shape index (κ2) is 13.3. The quantitative estimate of drug-likeness (QED) is 0.408. The number of benzene rings is 3. The number of ether oxygens (including phenoxy) is 2. The molecular formula is C34H36F2N4O5. The number of carbonyl (C=O) groups is 3. The van der Waals surface area contributed by atoms with Crippen molar-refractivity contribution in [2.24, 2.45) is 0 Å². The smallest absolute Gasteiger partial charge is 0.257 e. The third-order valence-corrected chi connectivity index (χ3v) is 8.75. The van der Waals surface area contributed by atoms with Gasteiger partial charge in [0.05, 0.1) is 24.1 Å². The lowest BCUT2D eigenvalue weighted by Crippen LogP contribution is -2.54. The maximum atomic E-state index is 13.6. The Kier molecular flexibility index (Phi) is 9.09. The van der Waals surface area contributed by atoms with E-state index < -0.39 is 23.6 Å². The van der Waals surface area contributed by atoms with Crippen LogP contribution in [0.25, 0.3) is 0 Å². The minimum absolute atomic E-state index is 0.0375. The van der Waals surface area contributed by atoms with E-state index in [0.717, 1.165) is 38.2 Å². The number of halogens is 2. The Hall–Kier alpha value is -4.35. The van der Waals surface area contributed by atoms with Gasteiger partial charge in [0, 0.05) is 44.0 Å². The zero-order valence-corrected chi connectivity index (χ0v) is 25.0. The topological polar surface area (TPSA) is 100 Å². The van der Waals surface area contributed by atoms with E-state index in [-0.39, 0.29) is 54.2 Å². The number of carbonyl (C=O) groups excluding carboxylic acids is 3. The highest BCUT2D eigenvalue weighted by atomic mass is 19.2. The van der Waals surface area contributed by atoms with Crippen molar-refractivity contribution in [1.29, 1.82) is 0 Å². The molecule has 0 unspecified atom stereocenters. The maximum absolute atomic E-state index is 13.6. The molecule has 9 nitrogen and oxygen atoms in total. The van der Waals surface area contributed by atoms with E-state index in [4.69, 9.17) is 9.47 Å².